The standard InChI is InChI=1S/C22H28ClN3O3S/c1-25-10-4-5-17-15-18(8-9-20(17)25)21(26-11-13-29-14-12-26)16-24-30(27,28)22-7-3-2-6-19(22)23/h2-3,6-9,15,21,24H,4-5,10-14,16H2,1H3. The molecular formula is C22H28ClN3O3S. The third kappa shape index (κ3) is 4.65. The molecule has 0 amide bonds. The highest BCUT2D eigenvalue weighted by atomic mass is 35.5. The van der Waals surface area contributed by atoms with Crippen molar-refractivity contribution >= 4 is 27.3 Å². The lowest BCUT2D eigenvalue weighted by Gasteiger charge is -2.36. The van der Waals surface area contributed by atoms with E-state index in [0.717, 1.165) is 38.0 Å². The Morgan fingerprint density at radius 3 is 2.67 bits per heavy atom. The zero-order valence-electron chi connectivity index (χ0n) is 17.2. The number of ether oxygens (including phenoxy) is 1. The van der Waals surface area contributed by atoms with Crippen LogP contribution in [0.15, 0.2) is 47.4 Å². The number of rotatable bonds is 6. The van der Waals surface area contributed by atoms with E-state index in [1.165, 1.54) is 17.3 Å². The van der Waals surface area contributed by atoms with Crippen molar-refractivity contribution in [1.29, 1.82) is 0 Å². The van der Waals surface area contributed by atoms with Gasteiger partial charge in [-0.25, -0.2) is 13.1 Å². The fourth-order valence-corrected chi connectivity index (χ4v) is 5.84. The number of nitrogens with zero attached hydrogens (tertiary/aromatic N) is 2. The van der Waals surface area contributed by atoms with E-state index < -0.39 is 10.0 Å². The SMILES string of the molecule is CN1CCCc2cc(C(CNS(=O)(=O)c3ccccc3Cl)N3CCOCC3)ccc21. The van der Waals surface area contributed by atoms with Gasteiger partial charge in [0.2, 0.25) is 10.0 Å². The van der Waals surface area contributed by atoms with Crippen molar-refractivity contribution in [3.8, 4) is 0 Å². The van der Waals surface area contributed by atoms with Crippen LogP contribution in [0, 0.1) is 0 Å². The Kier molecular flexibility index (Phi) is 6.65. The van der Waals surface area contributed by atoms with E-state index in [1.807, 2.05) is 0 Å². The van der Waals surface area contributed by atoms with Crippen LogP contribution in [0.25, 0.3) is 0 Å². The summed E-state index contributed by atoms with van der Waals surface area (Å²) in [6.07, 6.45) is 2.18. The smallest absolute Gasteiger partial charge is 0.242 e. The number of sulfonamides is 1. The molecule has 2 aliphatic rings. The number of anilines is 1. The van der Waals surface area contributed by atoms with Gasteiger partial charge in [-0.2, -0.15) is 0 Å². The Morgan fingerprint density at radius 2 is 1.90 bits per heavy atom. The highest BCUT2D eigenvalue weighted by Crippen LogP contribution is 2.31. The van der Waals surface area contributed by atoms with Crippen LogP contribution in [0.3, 0.4) is 0 Å². The Balaban J connectivity index is 1.60. The molecule has 0 radical (unpaired) electrons. The van der Waals surface area contributed by atoms with Crippen LogP contribution in [0.5, 0.6) is 0 Å². The molecule has 1 saturated heterocycles. The molecule has 0 spiro atoms. The second-order valence-electron chi connectivity index (χ2n) is 7.86. The van der Waals surface area contributed by atoms with Crippen LogP contribution in [-0.4, -0.2) is 59.8 Å². The zero-order chi connectivity index (χ0) is 21.1. The summed E-state index contributed by atoms with van der Waals surface area (Å²) in [6, 6.07) is 13.0. The zero-order valence-corrected chi connectivity index (χ0v) is 18.8. The van der Waals surface area contributed by atoms with Crippen LogP contribution in [0.1, 0.15) is 23.6 Å². The highest BCUT2D eigenvalue weighted by Gasteiger charge is 2.27. The van der Waals surface area contributed by atoms with Crippen molar-refractivity contribution in [1.82, 2.24) is 9.62 Å². The summed E-state index contributed by atoms with van der Waals surface area (Å²) in [4.78, 5) is 4.69. The van der Waals surface area contributed by atoms with Crippen LogP contribution >= 0.6 is 11.6 Å². The minimum Gasteiger partial charge on any atom is -0.379 e. The first-order valence-electron chi connectivity index (χ1n) is 10.4. The second kappa shape index (κ2) is 9.24. The second-order valence-corrected chi connectivity index (χ2v) is 10.0. The fourth-order valence-electron chi connectivity index (χ4n) is 4.29. The van der Waals surface area contributed by atoms with Gasteiger partial charge in [-0.3, -0.25) is 4.90 Å². The number of benzene rings is 2. The van der Waals surface area contributed by atoms with Gasteiger partial charge in [-0.15, -0.1) is 0 Å². The van der Waals surface area contributed by atoms with E-state index in [4.69, 9.17) is 16.3 Å². The summed E-state index contributed by atoms with van der Waals surface area (Å²) in [5.74, 6) is 0. The number of halogens is 1. The van der Waals surface area contributed by atoms with E-state index in [1.54, 1.807) is 18.2 Å². The van der Waals surface area contributed by atoms with E-state index >= 15 is 0 Å². The maximum absolute atomic E-state index is 12.9. The molecule has 1 unspecified atom stereocenters. The molecule has 0 bridgehead atoms. The minimum absolute atomic E-state index is 0.0660. The maximum Gasteiger partial charge on any atom is 0.242 e. The first kappa shape index (κ1) is 21.6. The average molecular weight is 450 g/mol. The lowest BCUT2D eigenvalue weighted by molar-refractivity contribution is 0.0172. The third-order valence-corrected chi connectivity index (χ3v) is 7.84. The molecule has 8 heteroatoms. The highest BCUT2D eigenvalue weighted by molar-refractivity contribution is 7.89. The number of hydrogen-bond acceptors (Lipinski definition) is 5. The van der Waals surface area contributed by atoms with Crippen molar-refractivity contribution in [2.45, 2.75) is 23.8 Å². The van der Waals surface area contributed by atoms with Crippen molar-refractivity contribution < 1.29 is 13.2 Å². The Morgan fingerprint density at radius 1 is 1.13 bits per heavy atom. The molecule has 0 saturated carbocycles. The van der Waals surface area contributed by atoms with Crippen LogP contribution < -0.4 is 9.62 Å². The van der Waals surface area contributed by atoms with Crippen molar-refractivity contribution in [3.63, 3.8) is 0 Å². The molecule has 6 nitrogen and oxygen atoms in total. The van der Waals surface area contributed by atoms with Gasteiger partial charge >= 0.3 is 0 Å². The molecule has 0 aliphatic carbocycles. The summed E-state index contributed by atoms with van der Waals surface area (Å²) >= 11 is 6.13. The maximum atomic E-state index is 12.9. The summed E-state index contributed by atoms with van der Waals surface area (Å²) in [7, 11) is -1.59. The van der Waals surface area contributed by atoms with Gasteiger partial charge < -0.3 is 9.64 Å². The van der Waals surface area contributed by atoms with Crippen molar-refractivity contribution in [2.24, 2.45) is 0 Å². The number of hydrogen-bond donors (Lipinski definition) is 1. The fraction of sp³-hybridized carbons (Fsp3) is 0.455. The van der Waals surface area contributed by atoms with Crippen LogP contribution in [0.4, 0.5) is 5.69 Å². The van der Waals surface area contributed by atoms with Crippen molar-refractivity contribution in [3.05, 3.63) is 58.6 Å². The summed E-state index contributed by atoms with van der Waals surface area (Å²) < 4.78 is 34.1. The van der Waals surface area contributed by atoms with Gasteiger partial charge in [0.15, 0.2) is 0 Å². The molecular weight excluding hydrogens is 422 g/mol. The lowest BCUT2D eigenvalue weighted by atomic mass is 9.96. The largest absolute Gasteiger partial charge is 0.379 e. The molecule has 2 heterocycles. The molecule has 2 aromatic carbocycles. The van der Waals surface area contributed by atoms with Gasteiger partial charge in [-0.1, -0.05) is 35.9 Å². The number of aryl methyl sites for hydroxylation is 1. The summed E-state index contributed by atoms with van der Waals surface area (Å²) in [6.45, 7) is 4.20. The molecule has 0 aromatic heterocycles. The average Bonchev–Trinajstić information content (AvgIpc) is 2.75. The first-order valence-corrected chi connectivity index (χ1v) is 12.2. The van der Waals surface area contributed by atoms with Crippen molar-refractivity contribution in [2.75, 3.05) is 51.3 Å². The Hall–Kier alpha value is -1.64. The Labute approximate surface area is 183 Å². The molecule has 4 rings (SSSR count). The monoisotopic (exact) mass is 449 g/mol. The van der Waals surface area contributed by atoms with Crippen LogP contribution in [-0.2, 0) is 21.2 Å². The molecule has 162 valence electrons. The van der Waals surface area contributed by atoms with E-state index in [2.05, 4.69) is 39.8 Å². The normalized spacial score (nSPS) is 18.8. The minimum atomic E-state index is -3.71. The van der Waals surface area contributed by atoms with Gasteiger partial charge in [0, 0.05) is 45.0 Å². The van der Waals surface area contributed by atoms with Gasteiger partial charge in [0.1, 0.15) is 4.90 Å². The topological polar surface area (TPSA) is 61.9 Å². The molecule has 1 fully saturated rings. The number of fused-ring (bicyclic) bond motifs is 1. The van der Waals surface area contributed by atoms with Gasteiger partial charge in [-0.05, 0) is 42.2 Å². The first-order chi connectivity index (χ1) is 14.5. The Bertz CT molecular complexity index is 993. The van der Waals surface area contributed by atoms with E-state index in [-0.39, 0.29) is 22.5 Å². The number of nitrogens with one attached hydrogen (secondary N) is 1. The molecule has 30 heavy (non-hydrogen) atoms. The quantitative estimate of drug-likeness (QED) is 0.734. The van der Waals surface area contributed by atoms with E-state index in [9.17, 15) is 8.42 Å². The van der Waals surface area contributed by atoms with Gasteiger partial charge in [0.25, 0.3) is 0 Å². The lowest BCUT2D eigenvalue weighted by Crippen LogP contribution is -2.44. The molecule has 1 atom stereocenters. The third-order valence-electron chi connectivity index (χ3n) is 5.92. The molecule has 1 N–H and O–H groups in total. The van der Waals surface area contributed by atoms with E-state index in [0.29, 0.717) is 13.2 Å². The summed E-state index contributed by atoms with van der Waals surface area (Å²) in [5.41, 5.74) is 3.73. The molecule has 2 aromatic rings. The predicted octanol–water partition coefficient (Wildman–Crippen LogP) is 3.07. The number of morpholine rings is 1. The summed E-state index contributed by atoms with van der Waals surface area (Å²) in [5, 5.41) is 0.227. The van der Waals surface area contributed by atoms with Gasteiger partial charge in [0.05, 0.1) is 18.2 Å². The van der Waals surface area contributed by atoms with Crippen LogP contribution in [0.2, 0.25) is 5.02 Å². The molecule has 2 aliphatic heterocycles. The predicted molar refractivity (Wildman–Crippen MR) is 120 cm³/mol.